The van der Waals surface area contributed by atoms with Crippen LogP contribution in [0.3, 0.4) is 0 Å². The van der Waals surface area contributed by atoms with Crippen LogP contribution >= 0.6 is 0 Å². The van der Waals surface area contributed by atoms with Crippen molar-refractivity contribution in [1.82, 2.24) is 5.32 Å². The number of rotatable bonds is 6. The number of hydrogen-bond acceptors (Lipinski definition) is 1. The van der Waals surface area contributed by atoms with Gasteiger partial charge in [0.2, 0.25) is 5.91 Å². The maximum Gasteiger partial charge on any atom is 0.224 e. The number of hydrogen-bond donors (Lipinski definition) is 1. The average molecular weight is 179 g/mol. The Morgan fingerprint density at radius 3 is 2.62 bits per heavy atom. The first-order chi connectivity index (χ1) is 6.24. The third kappa shape index (κ3) is 5.91. The highest BCUT2D eigenvalue weighted by molar-refractivity contribution is 5.78. The lowest BCUT2D eigenvalue weighted by Crippen LogP contribution is -2.21. The Morgan fingerprint density at radius 1 is 1.46 bits per heavy atom. The van der Waals surface area contributed by atoms with Crippen molar-refractivity contribution in [2.45, 2.75) is 26.2 Å². The molecule has 0 fully saturated rings. The van der Waals surface area contributed by atoms with Crippen LogP contribution in [-0.4, -0.2) is 5.91 Å². The Balaban J connectivity index is 3.94. The van der Waals surface area contributed by atoms with Crippen LogP contribution in [0.1, 0.15) is 26.2 Å². The van der Waals surface area contributed by atoms with Crippen molar-refractivity contribution in [2.24, 2.45) is 0 Å². The van der Waals surface area contributed by atoms with Crippen molar-refractivity contribution in [1.29, 1.82) is 0 Å². The van der Waals surface area contributed by atoms with E-state index in [1.165, 1.54) is 0 Å². The maximum absolute atomic E-state index is 11.2. The van der Waals surface area contributed by atoms with Gasteiger partial charge in [0.25, 0.3) is 0 Å². The lowest BCUT2D eigenvalue weighted by atomic mass is 10.2. The molecule has 0 rings (SSSR count). The molecule has 0 aromatic heterocycles. The Hall–Kier alpha value is -1.31. The summed E-state index contributed by atoms with van der Waals surface area (Å²) < 4.78 is 0. The van der Waals surface area contributed by atoms with E-state index in [-0.39, 0.29) is 5.91 Å². The summed E-state index contributed by atoms with van der Waals surface area (Å²) in [5.41, 5.74) is 0.705. The Kier molecular flexibility index (Phi) is 6.60. The molecule has 13 heavy (non-hydrogen) atoms. The minimum atomic E-state index is 0.0369. The number of carbonyl (C=O) groups is 1. The Bertz CT molecular complexity index is 216. The van der Waals surface area contributed by atoms with Crippen LogP contribution < -0.4 is 5.32 Å². The number of unbranched alkanes of at least 4 members (excludes halogenated alkanes) is 1. The SMILES string of the molecule is C=C/C=C(\C=C)NC(=O)CCCC. The van der Waals surface area contributed by atoms with Gasteiger partial charge in [-0.1, -0.05) is 32.6 Å². The van der Waals surface area contributed by atoms with Gasteiger partial charge in [-0.3, -0.25) is 4.79 Å². The smallest absolute Gasteiger partial charge is 0.224 e. The second-order valence-corrected chi connectivity index (χ2v) is 2.71. The van der Waals surface area contributed by atoms with Crippen molar-refractivity contribution in [3.63, 3.8) is 0 Å². The first-order valence-corrected chi connectivity index (χ1v) is 4.49. The second-order valence-electron chi connectivity index (χ2n) is 2.71. The van der Waals surface area contributed by atoms with Gasteiger partial charge in [-0.15, -0.1) is 0 Å². The minimum Gasteiger partial charge on any atom is -0.326 e. The van der Waals surface area contributed by atoms with E-state index in [2.05, 4.69) is 25.4 Å². The highest BCUT2D eigenvalue weighted by Gasteiger charge is 1.99. The molecule has 0 aromatic rings. The lowest BCUT2D eigenvalue weighted by Gasteiger charge is -2.03. The van der Waals surface area contributed by atoms with E-state index < -0.39 is 0 Å². The van der Waals surface area contributed by atoms with Gasteiger partial charge in [0.1, 0.15) is 0 Å². The molecule has 1 N–H and O–H groups in total. The summed E-state index contributed by atoms with van der Waals surface area (Å²) in [6, 6.07) is 0. The lowest BCUT2D eigenvalue weighted by molar-refractivity contribution is -0.120. The number of nitrogens with one attached hydrogen (secondary N) is 1. The van der Waals surface area contributed by atoms with Gasteiger partial charge in [0.15, 0.2) is 0 Å². The summed E-state index contributed by atoms with van der Waals surface area (Å²) in [4.78, 5) is 11.2. The number of amides is 1. The van der Waals surface area contributed by atoms with E-state index in [0.717, 1.165) is 12.8 Å². The summed E-state index contributed by atoms with van der Waals surface area (Å²) in [6.45, 7) is 9.18. The van der Waals surface area contributed by atoms with E-state index in [4.69, 9.17) is 0 Å². The average Bonchev–Trinajstić information content (AvgIpc) is 2.14. The van der Waals surface area contributed by atoms with Gasteiger partial charge in [0.05, 0.1) is 0 Å². The fourth-order valence-electron chi connectivity index (χ4n) is 0.849. The van der Waals surface area contributed by atoms with Gasteiger partial charge < -0.3 is 5.32 Å². The molecule has 1 amide bonds. The molecule has 72 valence electrons. The van der Waals surface area contributed by atoms with Crippen LogP contribution in [0.2, 0.25) is 0 Å². The highest BCUT2D eigenvalue weighted by Crippen LogP contribution is 1.96. The summed E-state index contributed by atoms with van der Waals surface area (Å²) in [5.74, 6) is 0.0369. The standard InChI is InChI=1S/C11H17NO/c1-4-7-9-11(13)12-10(6-3)8-5-2/h5-6,8H,2-4,7,9H2,1H3,(H,12,13)/b10-8+. The predicted molar refractivity (Wildman–Crippen MR) is 56.1 cm³/mol. The first-order valence-electron chi connectivity index (χ1n) is 4.49. The third-order valence-electron chi connectivity index (χ3n) is 1.56. The normalized spacial score (nSPS) is 10.7. The largest absolute Gasteiger partial charge is 0.326 e. The van der Waals surface area contributed by atoms with Crippen LogP contribution in [0.15, 0.2) is 37.1 Å². The summed E-state index contributed by atoms with van der Waals surface area (Å²) in [5, 5.41) is 2.74. The molecule has 0 unspecified atom stereocenters. The first kappa shape index (κ1) is 11.7. The molecule has 0 heterocycles. The monoisotopic (exact) mass is 179 g/mol. The van der Waals surface area contributed by atoms with E-state index in [9.17, 15) is 4.79 Å². The molecular weight excluding hydrogens is 162 g/mol. The topological polar surface area (TPSA) is 29.1 Å². The summed E-state index contributed by atoms with van der Waals surface area (Å²) in [7, 11) is 0. The second kappa shape index (κ2) is 7.35. The minimum absolute atomic E-state index is 0.0369. The molecule has 0 atom stereocenters. The van der Waals surface area contributed by atoms with Gasteiger partial charge in [-0.2, -0.15) is 0 Å². The van der Waals surface area contributed by atoms with Crippen LogP contribution in [0.5, 0.6) is 0 Å². The van der Waals surface area contributed by atoms with Crippen molar-refractivity contribution in [3.05, 3.63) is 37.1 Å². The molecule has 0 aromatic carbocycles. The molecule has 2 heteroatoms. The van der Waals surface area contributed by atoms with Gasteiger partial charge in [-0.25, -0.2) is 0 Å². The van der Waals surface area contributed by atoms with Crippen LogP contribution in [0.25, 0.3) is 0 Å². The van der Waals surface area contributed by atoms with Crippen molar-refractivity contribution >= 4 is 5.91 Å². The number of carbonyl (C=O) groups excluding carboxylic acids is 1. The zero-order valence-electron chi connectivity index (χ0n) is 8.18. The molecule has 0 spiro atoms. The van der Waals surface area contributed by atoms with Crippen LogP contribution in [-0.2, 0) is 4.79 Å². The molecule has 0 bridgehead atoms. The van der Waals surface area contributed by atoms with E-state index in [0.29, 0.717) is 12.1 Å². The van der Waals surface area contributed by atoms with E-state index >= 15 is 0 Å². The van der Waals surface area contributed by atoms with Crippen molar-refractivity contribution in [3.8, 4) is 0 Å². The van der Waals surface area contributed by atoms with E-state index in [1.54, 1.807) is 18.2 Å². The zero-order chi connectivity index (χ0) is 10.1. The molecule has 0 aliphatic rings. The predicted octanol–water partition coefficient (Wildman–Crippen LogP) is 2.55. The maximum atomic E-state index is 11.2. The highest BCUT2D eigenvalue weighted by atomic mass is 16.1. The Labute approximate surface area is 80.0 Å². The van der Waals surface area contributed by atoms with Crippen molar-refractivity contribution in [2.75, 3.05) is 0 Å². The molecule has 0 saturated carbocycles. The fourth-order valence-corrected chi connectivity index (χ4v) is 0.849. The molecule has 0 aliphatic carbocycles. The van der Waals surface area contributed by atoms with Crippen LogP contribution in [0.4, 0.5) is 0 Å². The molecule has 2 nitrogen and oxygen atoms in total. The molecule has 0 radical (unpaired) electrons. The van der Waals surface area contributed by atoms with Gasteiger partial charge >= 0.3 is 0 Å². The molecular formula is C11H17NO. The quantitative estimate of drug-likeness (QED) is 0.624. The van der Waals surface area contributed by atoms with Gasteiger partial charge in [-0.05, 0) is 18.6 Å². The Morgan fingerprint density at radius 2 is 2.15 bits per heavy atom. The number of allylic oxidation sites excluding steroid dienone is 3. The zero-order valence-corrected chi connectivity index (χ0v) is 8.18. The third-order valence-corrected chi connectivity index (χ3v) is 1.56. The van der Waals surface area contributed by atoms with Crippen molar-refractivity contribution < 1.29 is 4.79 Å². The summed E-state index contributed by atoms with van der Waals surface area (Å²) >= 11 is 0. The fraction of sp³-hybridized carbons (Fsp3) is 0.364. The summed E-state index contributed by atoms with van der Waals surface area (Å²) in [6.07, 6.45) is 7.46. The molecule has 0 aliphatic heterocycles. The van der Waals surface area contributed by atoms with Gasteiger partial charge in [0, 0.05) is 12.1 Å². The van der Waals surface area contributed by atoms with E-state index in [1.807, 2.05) is 0 Å². The van der Waals surface area contributed by atoms with Crippen LogP contribution in [0, 0.1) is 0 Å². The molecule has 0 saturated heterocycles.